The van der Waals surface area contributed by atoms with Gasteiger partial charge in [-0.15, -0.1) is 0 Å². The van der Waals surface area contributed by atoms with Gasteiger partial charge in [0.2, 0.25) is 0 Å². The number of fused-ring (bicyclic) bond motifs is 3. The predicted molar refractivity (Wildman–Crippen MR) is 81.7 cm³/mol. The van der Waals surface area contributed by atoms with Crippen molar-refractivity contribution < 1.29 is 4.42 Å². The maximum absolute atomic E-state index is 6.01. The first-order chi connectivity index (χ1) is 9.83. The lowest BCUT2D eigenvalue weighted by atomic mass is 10.1. The predicted octanol–water partition coefficient (Wildman–Crippen LogP) is 4.96. The minimum absolute atomic E-state index is 0.892. The zero-order valence-electron chi connectivity index (χ0n) is 11.1. The molecule has 2 aromatic carbocycles. The highest BCUT2D eigenvalue weighted by atomic mass is 16.3. The standard InChI is InChI=1S/C18H13NO/c1-12-6-5-9-14-15-11-19-16(10-17(15)20-18(12)14)13-7-3-2-4-8-13/h2-11H,1H3. The Balaban J connectivity index is 2.01. The summed E-state index contributed by atoms with van der Waals surface area (Å²) in [7, 11) is 0. The number of nitrogens with zero attached hydrogens (tertiary/aromatic N) is 1. The molecule has 0 amide bonds. The van der Waals surface area contributed by atoms with Gasteiger partial charge in [-0.3, -0.25) is 4.98 Å². The van der Waals surface area contributed by atoms with Crippen LogP contribution in [0.3, 0.4) is 0 Å². The molecule has 0 atom stereocenters. The van der Waals surface area contributed by atoms with Gasteiger partial charge in [0.05, 0.1) is 5.69 Å². The quantitative estimate of drug-likeness (QED) is 0.483. The fraction of sp³-hybridized carbons (Fsp3) is 0.0556. The normalized spacial score (nSPS) is 11.2. The molecule has 0 saturated heterocycles. The van der Waals surface area contributed by atoms with E-state index in [1.54, 1.807) is 0 Å². The molecule has 20 heavy (non-hydrogen) atoms. The smallest absolute Gasteiger partial charge is 0.139 e. The Morgan fingerprint density at radius 3 is 2.60 bits per heavy atom. The summed E-state index contributed by atoms with van der Waals surface area (Å²) < 4.78 is 6.01. The van der Waals surface area contributed by atoms with Gasteiger partial charge in [-0.1, -0.05) is 48.5 Å². The molecule has 2 heterocycles. The Morgan fingerprint density at radius 1 is 0.900 bits per heavy atom. The highest BCUT2D eigenvalue weighted by Crippen LogP contribution is 2.32. The second-order valence-corrected chi connectivity index (χ2v) is 4.99. The Labute approximate surface area is 116 Å². The van der Waals surface area contributed by atoms with Crippen molar-refractivity contribution >= 4 is 21.9 Å². The van der Waals surface area contributed by atoms with E-state index in [9.17, 15) is 0 Å². The van der Waals surface area contributed by atoms with E-state index < -0.39 is 0 Å². The van der Waals surface area contributed by atoms with Gasteiger partial charge in [0.1, 0.15) is 11.2 Å². The third kappa shape index (κ3) is 1.62. The van der Waals surface area contributed by atoms with Crippen molar-refractivity contribution in [1.29, 1.82) is 0 Å². The summed E-state index contributed by atoms with van der Waals surface area (Å²) in [6.07, 6.45) is 1.91. The van der Waals surface area contributed by atoms with Crippen molar-refractivity contribution in [2.75, 3.05) is 0 Å². The highest BCUT2D eigenvalue weighted by molar-refractivity contribution is 6.06. The van der Waals surface area contributed by atoms with Crippen molar-refractivity contribution in [2.45, 2.75) is 6.92 Å². The molecule has 0 aliphatic carbocycles. The van der Waals surface area contributed by atoms with Crippen molar-refractivity contribution in [3.63, 3.8) is 0 Å². The maximum atomic E-state index is 6.01. The van der Waals surface area contributed by atoms with E-state index in [0.717, 1.165) is 38.8 Å². The first kappa shape index (κ1) is 11.2. The lowest BCUT2D eigenvalue weighted by Gasteiger charge is -1.99. The van der Waals surface area contributed by atoms with Gasteiger partial charge in [-0.05, 0) is 12.5 Å². The molecule has 96 valence electrons. The summed E-state index contributed by atoms with van der Waals surface area (Å²) in [4.78, 5) is 4.57. The zero-order chi connectivity index (χ0) is 13.5. The molecule has 0 spiro atoms. The SMILES string of the molecule is Cc1cccc2c1oc1cc(-c3ccccc3)ncc12. The van der Waals surface area contributed by atoms with Gasteiger partial charge >= 0.3 is 0 Å². The van der Waals surface area contributed by atoms with Gasteiger partial charge < -0.3 is 4.42 Å². The molecule has 2 heteroatoms. The summed E-state index contributed by atoms with van der Waals surface area (Å²) in [5.74, 6) is 0. The fourth-order valence-electron chi connectivity index (χ4n) is 2.60. The molecule has 0 saturated carbocycles. The largest absolute Gasteiger partial charge is 0.456 e. The molecule has 0 aliphatic rings. The molecular weight excluding hydrogens is 246 g/mol. The summed E-state index contributed by atoms with van der Waals surface area (Å²) in [6.45, 7) is 2.07. The van der Waals surface area contributed by atoms with E-state index in [0.29, 0.717) is 0 Å². The molecule has 0 unspecified atom stereocenters. The molecular formula is C18H13NO. The van der Waals surface area contributed by atoms with E-state index in [1.807, 2.05) is 30.5 Å². The molecule has 0 N–H and O–H groups in total. The average Bonchev–Trinajstić information content (AvgIpc) is 2.87. The van der Waals surface area contributed by atoms with Crippen LogP contribution in [0, 0.1) is 6.92 Å². The number of rotatable bonds is 1. The first-order valence-corrected chi connectivity index (χ1v) is 6.66. The second-order valence-electron chi connectivity index (χ2n) is 4.99. The van der Waals surface area contributed by atoms with Gasteiger partial charge in [0, 0.05) is 28.6 Å². The van der Waals surface area contributed by atoms with Crippen LogP contribution in [0.15, 0.2) is 65.2 Å². The maximum Gasteiger partial charge on any atom is 0.139 e. The third-order valence-electron chi connectivity index (χ3n) is 3.65. The van der Waals surface area contributed by atoms with Crippen molar-refractivity contribution in [3.8, 4) is 11.3 Å². The number of furan rings is 1. The van der Waals surface area contributed by atoms with E-state index in [1.165, 1.54) is 0 Å². The van der Waals surface area contributed by atoms with Crippen molar-refractivity contribution in [3.05, 3.63) is 66.4 Å². The zero-order valence-corrected chi connectivity index (χ0v) is 11.1. The minimum Gasteiger partial charge on any atom is -0.456 e. The molecule has 4 rings (SSSR count). The van der Waals surface area contributed by atoms with Crippen molar-refractivity contribution in [1.82, 2.24) is 4.98 Å². The number of aromatic nitrogens is 1. The molecule has 2 nitrogen and oxygen atoms in total. The Hall–Kier alpha value is -2.61. The van der Waals surface area contributed by atoms with E-state index in [4.69, 9.17) is 4.42 Å². The monoisotopic (exact) mass is 259 g/mol. The number of hydrogen-bond acceptors (Lipinski definition) is 2. The van der Waals surface area contributed by atoms with Gasteiger partial charge in [-0.2, -0.15) is 0 Å². The van der Waals surface area contributed by atoms with Crippen LogP contribution in [0.5, 0.6) is 0 Å². The van der Waals surface area contributed by atoms with Gasteiger partial charge in [0.25, 0.3) is 0 Å². The van der Waals surface area contributed by atoms with Crippen LogP contribution in [-0.2, 0) is 0 Å². The number of hydrogen-bond donors (Lipinski definition) is 0. The summed E-state index contributed by atoms with van der Waals surface area (Å²) in [5, 5.41) is 2.20. The van der Waals surface area contributed by atoms with Crippen LogP contribution in [0.1, 0.15) is 5.56 Å². The molecule has 0 aliphatic heterocycles. The van der Waals surface area contributed by atoms with E-state index >= 15 is 0 Å². The lowest BCUT2D eigenvalue weighted by molar-refractivity contribution is 0.665. The van der Waals surface area contributed by atoms with Crippen LogP contribution in [0.2, 0.25) is 0 Å². The number of aryl methyl sites for hydroxylation is 1. The average molecular weight is 259 g/mol. The highest BCUT2D eigenvalue weighted by Gasteiger charge is 2.10. The molecule has 0 fully saturated rings. The minimum atomic E-state index is 0.892. The fourth-order valence-corrected chi connectivity index (χ4v) is 2.60. The summed E-state index contributed by atoms with van der Waals surface area (Å²) in [5.41, 5.74) is 5.04. The summed E-state index contributed by atoms with van der Waals surface area (Å²) >= 11 is 0. The van der Waals surface area contributed by atoms with Crippen LogP contribution < -0.4 is 0 Å². The number of pyridine rings is 1. The van der Waals surface area contributed by atoms with Crippen LogP contribution in [-0.4, -0.2) is 4.98 Å². The molecule has 2 aromatic heterocycles. The van der Waals surface area contributed by atoms with E-state index in [-0.39, 0.29) is 0 Å². The third-order valence-corrected chi connectivity index (χ3v) is 3.65. The van der Waals surface area contributed by atoms with Gasteiger partial charge in [0.15, 0.2) is 0 Å². The molecule has 0 radical (unpaired) electrons. The Morgan fingerprint density at radius 2 is 1.75 bits per heavy atom. The second kappa shape index (κ2) is 4.20. The number of para-hydroxylation sites is 1. The Kier molecular flexibility index (Phi) is 2.36. The Bertz CT molecular complexity index is 907. The van der Waals surface area contributed by atoms with Crippen LogP contribution in [0.25, 0.3) is 33.2 Å². The van der Waals surface area contributed by atoms with Crippen LogP contribution >= 0.6 is 0 Å². The molecule has 0 bridgehead atoms. The van der Waals surface area contributed by atoms with E-state index in [2.05, 4.69) is 42.2 Å². The van der Waals surface area contributed by atoms with Crippen molar-refractivity contribution in [2.24, 2.45) is 0 Å². The number of benzene rings is 2. The first-order valence-electron chi connectivity index (χ1n) is 6.66. The lowest BCUT2D eigenvalue weighted by Crippen LogP contribution is -1.81. The van der Waals surface area contributed by atoms with Crippen LogP contribution in [0.4, 0.5) is 0 Å². The molecule has 4 aromatic rings. The van der Waals surface area contributed by atoms with Gasteiger partial charge in [-0.25, -0.2) is 0 Å². The topological polar surface area (TPSA) is 26.0 Å². The summed E-state index contributed by atoms with van der Waals surface area (Å²) in [6, 6.07) is 18.4.